The number of rotatable bonds is 5. The van der Waals surface area contributed by atoms with E-state index in [4.69, 9.17) is 16.3 Å². The van der Waals surface area contributed by atoms with Crippen LogP contribution < -0.4 is 4.72 Å². The molecule has 2 atom stereocenters. The number of hydrogen-bond acceptors (Lipinski definition) is 4. The Balaban J connectivity index is 2.32. The second kappa shape index (κ2) is 7.23. The standard InChI is InChI=1S/C14H20ClFN2O3S/c1-10-9-18(6-7-21-10)13(8-17-22(2,19)20)14-11(15)4-3-5-12(14)16/h3-5,10,13,17H,6-9H2,1-2H3. The van der Waals surface area contributed by atoms with Crippen molar-refractivity contribution in [3.63, 3.8) is 0 Å². The van der Waals surface area contributed by atoms with Gasteiger partial charge in [0.05, 0.1) is 25.0 Å². The summed E-state index contributed by atoms with van der Waals surface area (Å²) in [6, 6.07) is 4.00. The molecule has 0 saturated carbocycles. The molecule has 1 aliphatic heterocycles. The molecule has 1 aromatic rings. The van der Waals surface area contributed by atoms with Crippen molar-refractivity contribution in [2.45, 2.75) is 19.1 Å². The van der Waals surface area contributed by atoms with Crippen LogP contribution in [0.3, 0.4) is 0 Å². The molecule has 1 fully saturated rings. The number of nitrogens with one attached hydrogen (secondary N) is 1. The van der Waals surface area contributed by atoms with Crippen molar-refractivity contribution in [2.75, 3.05) is 32.5 Å². The smallest absolute Gasteiger partial charge is 0.208 e. The molecule has 0 aromatic heterocycles. The third kappa shape index (κ3) is 4.63. The monoisotopic (exact) mass is 350 g/mol. The van der Waals surface area contributed by atoms with Crippen molar-refractivity contribution in [2.24, 2.45) is 0 Å². The topological polar surface area (TPSA) is 58.6 Å². The second-order valence-corrected chi connectivity index (χ2v) is 7.69. The van der Waals surface area contributed by atoms with E-state index in [-0.39, 0.29) is 12.6 Å². The van der Waals surface area contributed by atoms with Gasteiger partial charge < -0.3 is 4.74 Å². The highest BCUT2D eigenvalue weighted by molar-refractivity contribution is 7.88. The van der Waals surface area contributed by atoms with Gasteiger partial charge in [-0.3, -0.25) is 4.90 Å². The molecule has 0 amide bonds. The number of nitrogens with zero attached hydrogens (tertiary/aromatic N) is 1. The Kier molecular flexibility index (Phi) is 5.79. The van der Waals surface area contributed by atoms with E-state index in [2.05, 4.69) is 4.72 Å². The van der Waals surface area contributed by atoms with E-state index in [0.29, 0.717) is 30.3 Å². The van der Waals surface area contributed by atoms with Crippen LogP contribution in [0.5, 0.6) is 0 Å². The lowest BCUT2D eigenvalue weighted by Gasteiger charge is -2.37. The van der Waals surface area contributed by atoms with Crippen LogP contribution in [0.25, 0.3) is 0 Å². The van der Waals surface area contributed by atoms with E-state index in [0.717, 1.165) is 6.26 Å². The molecule has 0 radical (unpaired) electrons. The summed E-state index contributed by atoms with van der Waals surface area (Å²) in [6.07, 6.45) is 1.08. The molecule has 2 unspecified atom stereocenters. The number of benzene rings is 1. The molecule has 8 heteroatoms. The number of halogens is 2. The van der Waals surface area contributed by atoms with Gasteiger partial charge in [-0.2, -0.15) is 0 Å². The molecule has 0 aliphatic carbocycles. The summed E-state index contributed by atoms with van der Waals surface area (Å²) in [7, 11) is -3.38. The molecule has 1 saturated heterocycles. The van der Waals surface area contributed by atoms with Gasteiger partial charge in [-0.05, 0) is 19.1 Å². The van der Waals surface area contributed by atoms with Gasteiger partial charge in [0, 0.05) is 30.2 Å². The fraction of sp³-hybridized carbons (Fsp3) is 0.571. The SMILES string of the molecule is CC1CN(C(CNS(C)(=O)=O)c2c(F)cccc2Cl)CCO1. The molecule has 124 valence electrons. The average molecular weight is 351 g/mol. The van der Waals surface area contributed by atoms with E-state index in [1.165, 1.54) is 12.1 Å². The fourth-order valence-electron chi connectivity index (χ4n) is 2.60. The Morgan fingerprint density at radius 1 is 1.55 bits per heavy atom. The Hall–Kier alpha value is -0.730. The van der Waals surface area contributed by atoms with Crippen LogP contribution in [-0.2, 0) is 14.8 Å². The first-order valence-electron chi connectivity index (χ1n) is 7.02. The van der Waals surface area contributed by atoms with Crippen LogP contribution in [0.2, 0.25) is 5.02 Å². The van der Waals surface area contributed by atoms with Crippen LogP contribution >= 0.6 is 11.6 Å². The lowest BCUT2D eigenvalue weighted by molar-refractivity contribution is -0.0342. The Labute approximate surface area is 135 Å². The van der Waals surface area contributed by atoms with E-state index < -0.39 is 21.9 Å². The molecule has 1 aromatic carbocycles. The van der Waals surface area contributed by atoms with Gasteiger partial charge in [-0.15, -0.1) is 0 Å². The first-order chi connectivity index (χ1) is 10.3. The predicted octanol–water partition coefficient (Wildman–Crippen LogP) is 1.79. The second-order valence-electron chi connectivity index (χ2n) is 5.45. The van der Waals surface area contributed by atoms with Crippen molar-refractivity contribution in [3.8, 4) is 0 Å². The average Bonchev–Trinajstić information content (AvgIpc) is 2.41. The quantitative estimate of drug-likeness (QED) is 0.879. The van der Waals surface area contributed by atoms with Gasteiger partial charge >= 0.3 is 0 Å². The minimum atomic E-state index is -3.38. The molecular weight excluding hydrogens is 331 g/mol. The highest BCUT2D eigenvalue weighted by Crippen LogP contribution is 2.31. The summed E-state index contributed by atoms with van der Waals surface area (Å²) in [4.78, 5) is 2.00. The number of hydrogen-bond donors (Lipinski definition) is 1. The van der Waals surface area contributed by atoms with Gasteiger partial charge in [-0.25, -0.2) is 17.5 Å². The Morgan fingerprint density at radius 2 is 2.27 bits per heavy atom. The molecule has 22 heavy (non-hydrogen) atoms. The summed E-state index contributed by atoms with van der Waals surface area (Å²) < 4.78 is 45.0. The van der Waals surface area contributed by atoms with Gasteiger partial charge in [0.15, 0.2) is 0 Å². The maximum atomic E-state index is 14.3. The zero-order chi connectivity index (χ0) is 16.3. The summed E-state index contributed by atoms with van der Waals surface area (Å²) in [6.45, 7) is 3.68. The minimum Gasteiger partial charge on any atom is -0.376 e. The highest BCUT2D eigenvalue weighted by atomic mass is 35.5. The molecule has 1 heterocycles. The predicted molar refractivity (Wildman–Crippen MR) is 84.0 cm³/mol. The van der Waals surface area contributed by atoms with Crippen LogP contribution in [0.4, 0.5) is 4.39 Å². The van der Waals surface area contributed by atoms with Gasteiger partial charge in [0.1, 0.15) is 5.82 Å². The maximum absolute atomic E-state index is 14.3. The van der Waals surface area contributed by atoms with Gasteiger partial charge in [-0.1, -0.05) is 17.7 Å². The first-order valence-corrected chi connectivity index (χ1v) is 9.29. The molecule has 0 bridgehead atoms. The number of ether oxygens (including phenoxy) is 1. The maximum Gasteiger partial charge on any atom is 0.208 e. The van der Waals surface area contributed by atoms with Gasteiger partial charge in [0.25, 0.3) is 0 Å². The Morgan fingerprint density at radius 3 is 2.86 bits per heavy atom. The molecule has 1 aliphatic rings. The van der Waals surface area contributed by atoms with E-state index in [9.17, 15) is 12.8 Å². The molecule has 0 spiro atoms. The summed E-state index contributed by atoms with van der Waals surface area (Å²) in [5, 5.41) is 0.291. The minimum absolute atomic E-state index is 0.0000302. The number of sulfonamides is 1. The highest BCUT2D eigenvalue weighted by Gasteiger charge is 2.29. The van der Waals surface area contributed by atoms with Crippen molar-refractivity contribution >= 4 is 21.6 Å². The van der Waals surface area contributed by atoms with Crippen molar-refractivity contribution in [3.05, 3.63) is 34.6 Å². The van der Waals surface area contributed by atoms with Crippen LogP contribution in [0.15, 0.2) is 18.2 Å². The van der Waals surface area contributed by atoms with E-state index >= 15 is 0 Å². The van der Waals surface area contributed by atoms with Crippen LogP contribution in [0, 0.1) is 5.82 Å². The third-order valence-electron chi connectivity index (χ3n) is 3.59. The summed E-state index contributed by atoms with van der Waals surface area (Å²) >= 11 is 6.15. The molecule has 5 nitrogen and oxygen atoms in total. The van der Waals surface area contributed by atoms with Crippen molar-refractivity contribution in [1.29, 1.82) is 0 Å². The summed E-state index contributed by atoms with van der Waals surface area (Å²) in [5.74, 6) is -0.438. The zero-order valence-electron chi connectivity index (χ0n) is 12.6. The zero-order valence-corrected chi connectivity index (χ0v) is 14.1. The van der Waals surface area contributed by atoms with Crippen LogP contribution in [0.1, 0.15) is 18.5 Å². The summed E-state index contributed by atoms with van der Waals surface area (Å²) in [5.41, 5.74) is 0.314. The lowest BCUT2D eigenvalue weighted by Crippen LogP contribution is -2.46. The van der Waals surface area contributed by atoms with E-state index in [1.807, 2.05) is 11.8 Å². The molecule has 2 rings (SSSR count). The van der Waals surface area contributed by atoms with Gasteiger partial charge in [0.2, 0.25) is 10.0 Å². The van der Waals surface area contributed by atoms with E-state index in [1.54, 1.807) is 6.07 Å². The van der Waals surface area contributed by atoms with Crippen molar-refractivity contribution < 1.29 is 17.5 Å². The van der Waals surface area contributed by atoms with Crippen molar-refractivity contribution in [1.82, 2.24) is 9.62 Å². The largest absolute Gasteiger partial charge is 0.376 e. The van der Waals surface area contributed by atoms with Crippen LogP contribution in [-0.4, -0.2) is 51.9 Å². The normalized spacial score (nSPS) is 21.7. The molecular formula is C14H20ClFN2O3S. The fourth-order valence-corrected chi connectivity index (χ4v) is 3.35. The Bertz CT molecular complexity index is 606. The third-order valence-corrected chi connectivity index (χ3v) is 4.61. The first kappa shape index (κ1) is 17.6. The lowest BCUT2D eigenvalue weighted by atomic mass is 10.0. The number of morpholine rings is 1. The molecule has 1 N–H and O–H groups in total.